The fourth-order valence-corrected chi connectivity index (χ4v) is 2.09. The Labute approximate surface area is 115 Å². The van der Waals surface area contributed by atoms with Gasteiger partial charge in [0, 0.05) is 6.54 Å². The van der Waals surface area contributed by atoms with Crippen molar-refractivity contribution in [2.75, 3.05) is 11.4 Å². The molecule has 0 radical (unpaired) electrons. The lowest BCUT2D eigenvalue weighted by atomic mass is 10.1. The average Bonchev–Trinajstić information content (AvgIpc) is 2.25. The first-order valence-corrected chi connectivity index (χ1v) is 6.45. The smallest absolute Gasteiger partial charge is 0.416 e. The Balaban J connectivity index is 2.37. The molecule has 1 N–H and O–H groups in total. The van der Waals surface area contributed by atoms with Gasteiger partial charge in [0.25, 0.3) is 5.56 Å². The van der Waals surface area contributed by atoms with Gasteiger partial charge >= 0.3 is 6.09 Å². The van der Waals surface area contributed by atoms with Gasteiger partial charge in [0.05, 0.1) is 5.56 Å². The van der Waals surface area contributed by atoms with Gasteiger partial charge in [-0.25, -0.2) is 9.78 Å². The maximum Gasteiger partial charge on any atom is 0.416 e. The van der Waals surface area contributed by atoms with Gasteiger partial charge < -0.3 is 4.74 Å². The maximum absolute atomic E-state index is 12.1. The fraction of sp³-hybridized carbons (Fsp3) is 0.583. The summed E-state index contributed by atoms with van der Waals surface area (Å²) in [5.41, 5.74) is -0.426. The second kappa shape index (κ2) is 4.85. The molecule has 0 aromatic carbocycles. The minimum atomic E-state index is -0.598. The summed E-state index contributed by atoms with van der Waals surface area (Å²) < 4.78 is 5.31. The molecule has 0 fully saturated rings. The molecule has 104 valence electrons. The fourth-order valence-electron chi connectivity index (χ4n) is 1.92. The molecule has 6 nitrogen and oxygen atoms in total. The van der Waals surface area contributed by atoms with Crippen LogP contribution in [0.5, 0.6) is 0 Å². The van der Waals surface area contributed by atoms with Crippen LogP contribution in [0.15, 0.2) is 4.79 Å². The molecule has 0 aliphatic carbocycles. The second-order valence-electron chi connectivity index (χ2n) is 5.39. The number of halogens is 1. The third-order valence-corrected chi connectivity index (χ3v) is 2.82. The first-order chi connectivity index (χ1) is 8.78. The van der Waals surface area contributed by atoms with Crippen molar-refractivity contribution in [2.45, 2.75) is 39.2 Å². The number of H-pyrrole nitrogens is 1. The Kier molecular flexibility index (Phi) is 3.54. The molecule has 1 aromatic heterocycles. The summed E-state index contributed by atoms with van der Waals surface area (Å²) in [6.45, 7) is 5.82. The lowest BCUT2D eigenvalue weighted by Gasteiger charge is -2.30. The molecular weight excluding hydrogens is 270 g/mol. The summed E-state index contributed by atoms with van der Waals surface area (Å²) in [4.78, 5) is 31.7. The number of ether oxygens (including phenoxy) is 1. The quantitative estimate of drug-likeness (QED) is 0.741. The van der Waals surface area contributed by atoms with E-state index < -0.39 is 11.7 Å². The van der Waals surface area contributed by atoms with Crippen LogP contribution < -0.4 is 10.5 Å². The van der Waals surface area contributed by atoms with Crippen molar-refractivity contribution >= 4 is 23.5 Å². The number of carbonyl (C=O) groups is 1. The van der Waals surface area contributed by atoms with Crippen LogP contribution >= 0.6 is 11.6 Å². The summed E-state index contributed by atoms with van der Waals surface area (Å²) in [7, 11) is 0. The highest BCUT2D eigenvalue weighted by molar-refractivity contribution is 6.28. The first-order valence-electron chi connectivity index (χ1n) is 6.07. The van der Waals surface area contributed by atoms with Gasteiger partial charge in [0.2, 0.25) is 5.28 Å². The molecule has 2 rings (SSSR count). The molecule has 2 heterocycles. The SMILES string of the molecule is CC(C)(C)OC(=O)N1CCCc2c1nc(Cl)[nH]c2=O. The largest absolute Gasteiger partial charge is 0.443 e. The van der Waals surface area contributed by atoms with Crippen LogP contribution in [0.3, 0.4) is 0 Å². The number of amides is 1. The zero-order chi connectivity index (χ0) is 14.2. The number of nitrogens with zero attached hydrogens (tertiary/aromatic N) is 2. The summed E-state index contributed by atoms with van der Waals surface area (Å²) in [6, 6.07) is 0. The summed E-state index contributed by atoms with van der Waals surface area (Å²) in [5, 5.41) is -0.0285. The standard InChI is InChI=1S/C12H16ClN3O3/c1-12(2,3)19-11(18)16-6-4-5-7-8(16)14-10(13)15-9(7)17/h4-6H2,1-3H3,(H,14,15,17). The predicted molar refractivity (Wildman–Crippen MR) is 71.8 cm³/mol. The Bertz CT molecular complexity index is 562. The van der Waals surface area contributed by atoms with Gasteiger partial charge in [0.15, 0.2) is 0 Å². The second-order valence-corrected chi connectivity index (χ2v) is 5.75. The van der Waals surface area contributed by atoms with Crippen molar-refractivity contribution < 1.29 is 9.53 Å². The molecule has 1 amide bonds. The Hall–Kier alpha value is -1.56. The van der Waals surface area contributed by atoms with E-state index in [0.29, 0.717) is 30.8 Å². The molecule has 0 atom stereocenters. The molecule has 1 aliphatic heterocycles. The van der Waals surface area contributed by atoms with Crippen LogP contribution in [0.25, 0.3) is 0 Å². The van der Waals surface area contributed by atoms with Crippen LogP contribution in [0.1, 0.15) is 32.8 Å². The van der Waals surface area contributed by atoms with Crippen molar-refractivity contribution in [2.24, 2.45) is 0 Å². The van der Waals surface area contributed by atoms with E-state index in [0.717, 1.165) is 0 Å². The molecular formula is C12H16ClN3O3. The molecule has 0 saturated heterocycles. The molecule has 1 aliphatic rings. The zero-order valence-electron chi connectivity index (χ0n) is 11.1. The van der Waals surface area contributed by atoms with E-state index in [4.69, 9.17) is 16.3 Å². The lowest BCUT2D eigenvalue weighted by molar-refractivity contribution is 0.0576. The lowest BCUT2D eigenvalue weighted by Crippen LogP contribution is -2.42. The number of carbonyl (C=O) groups excluding carboxylic acids is 1. The molecule has 0 spiro atoms. The van der Waals surface area contributed by atoms with Crippen molar-refractivity contribution in [1.82, 2.24) is 9.97 Å². The number of aromatic amines is 1. The van der Waals surface area contributed by atoms with Crippen LogP contribution in [0.2, 0.25) is 5.28 Å². The van der Waals surface area contributed by atoms with Gasteiger partial charge in [0.1, 0.15) is 11.4 Å². The number of nitrogens with one attached hydrogen (secondary N) is 1. The van der Waals surface area contributed by atoms with Crippen molar-refractivity contribution in [3.05, 3.63) is 21.2 Å². The van der Waals surface area contributed by atoms with Crippen LogP contribution in [-0.4, -0.2) is 28.2 Å². The topological polar surface area (TPSA) is 75.3 Å². The predicted octanol–water partition coefficient (Wildman–Crippen LogP) is 2.11. The molecule has 1 aromatic rings. The Morgan fingerprint density at radius 1 is 1.47 bits per heavy atom. The number of hydrogen-bond acceptors (Lipinski definition) is 4. The highest BCUT2D eigenvalue weighted by Gasteiger charge is 2.30. The highest BCUT2D eigenvalue weighted by Crippen LogP contribution is 2.24. The third-order valence-electron chi connectivity index (χ3n) is 2.64. The van der Waals surface area contributed by atoms with Gasteiger partial charge in [-0.15, -0.1) is 0 Å². The summed E-state index contributed by atoms with van der Waals surface area (Å²) in [6.07, 6.45) is 0.759. The van der Waals surface area contributed by atoms with Crippen molar-refractivity contribution in [3.8, 4) is 0 Å². The number of anilines is 1. The van der Waals surface area contributed by atoms with Gasteiger partial charge in [-0.3, -0.25) is 14.7 Å². The summed E-state index contributed by atoms with van der Waals surface area (Å²) in [5.74, 6) is 0.300. The van der Waals surface area contributed by atoms with E-state index in [1.807, 2.05) is 0 Å². The van der Waals surface area contributed by atoms with Crippen LogP contribution in [-0.2, 0) is 11.2 Å². The maximum atomic E-state index is 12.1. The zero-order valence-corrected chi connectivity index (χ0v) is 11.9. The van der Waals surface area contributed by atoms with Crippen LogP contribution in [0, 0.1) is 0 Å². The minimum Gasteiger partial charge on any atom is -0.443 e. The summed E-state index contributed by atoms with van der Waals surface area (Å²) >= 11 is 5.74. The van der Waals surface area contributed by atoms with E-state index in [1.54, 1.807) is 20.8 Å². The highest BCUT2D eigenvalue weighted by atomic mass is 35.5. The van der Waals surface area contributed by atoms with E-state index in [1.165, 1.54) is 4.90 Å². The first kappa shape index (κ1) is 13.9. The minimum absolute atomic E-state index is 0.0285. The molecule has 7 heteroatoms. The van der Waals surface area contributed by atoms with E-state index in [9.17, 15) is 9.59 Å². The average molecular weight is 286 g/mol. The normalized spacial score (nSPS) is 15.1. The molecule has 0 saturated carbocycles. The molecule has 0 unspecified atom stereocenters. The Morgan fingerprint density at radius 3 is 2.79 bits per heavy atom. The monoisotopic (exact) mass is 285 g/mol. The Morgan fingerprint density at radius 2 is 2.16 bits per heavy atom. The van der Waals surface area contributed by atoms with Gasteiger partial charge in [-0.05, 0) is 45.2 Å². The number of fused-ring (bicyclic) bond motifs is 1. The number of aromatic nitrogens is 2. The van der Waals surface area contributed by atoms with Gasteiger partial charge in [-0.1, -0.05) is 0 Å². The van der Waals surface area contributed by atoms with Crippen molar-refractivity contribution in [1.29, 1.82) is 0 Å². The van der Waals surface area contributed by atoms with E-state index in [2.05, 4.69) is 9.97 Å². The molecule has 0 bridgehead atoms. The number of rotatable bonds is 0. The third kappa shape index (κ3) is 3.07. The molecule has 19 heavy (non-hydrogen) atoms. The van der Waals surface area contributed by atoms with Crippen molar-refractivity contribution in [3.63, 3.8) is 0 Å². The van der Waals surface area contributed by atoms with Crippen LogP contribution in [0.4, 0.5) is 10.6 Å². The van der Waals surface area contributed by atoms with E-state index >= 15 is 0 Å². The van der Waals surface area contributed by atoms with E-state index in [-0.39, 0.29) is 10.8 Å². The number of hydrogen-bond donors (Lipinski definition) is 1. The van der Waals surface area contributed by atoms with Gasteiger partial charge in [-0.2, -0.15) is 0 Å².